The first kappa shape index (κ1) is 18.1. The fourth-order valence-electron chi connectivity index (χ4n) is 3.40. The quantitative estimate of drug-likeness (QED) is 0.689. The molecule has 136 valence electrons. The summed E-state index contributed by atoms with van der Waals surface area (Å²) < 4.78 is 2.14. The lowest BCUT2D eigenvalue weighted by atomic mass is 10.0. The van der Waals surface area contributed by atoms with Gasteiger partial charge in [0.05, 0.1) is 11.1 Å². The van der Waals surface area contributed by atoms with E-state index in [1.807, 2.05) is 45.3 Å². The number of aryl methyl sites for hydroxylation is 5. The van der Waals surface area contributed by atoms with Gasteiger partial charge in [0.2, 0.25) is 0 Å². The summed E-state index contributed by atoms with van der Waals surface area (Å²) in [5.74, 6) is 1.05. The van der Waals surface area contributed by atoms with Gasteiger partial charge in [-0.25, -0.2) is 4.98 Å². The van der Waals surface area contributed by atoms with Crippen LogP contribution in [0.25, 0.3) is 10.9 Å². The molecule has 0 atom stereocenters. The minimum atomic E-state index is -0.0353. The molecule has 0 saturated carbocycles. The number of fused-ring (bicyclic) bond motifs is 1. The van der Waals surface area contributed by atoms with Crippen molar-refractivity contribution in [1.29, 1.82) is 0 Å². The molecule has 1 N–H and O–H groups in total. The summed E-state index contributed by atoms with van der Waals surface area (Å²) in [4.78, 5) is 21.7. The zero-order chi connectivity index (χ0) is 18.7. The summed E-state index contributed by atoms with van der Waals surface area (Å²) in [6.07, 6.45) is 5.61. The molecule has 0 aliphatic carbocycles. The van der Waals surface area contributed by atoms with Crippen molar-refractivity contribution in [3.05, 3.63) is 58.8 Å². The molecule has 26 heavy (non-hydrogen) atoms. The molecule has 0 saturated heterocycles. The summed E-state index contributed by atoms with van der Waals surface area (Å²) in [6.45, 7) is 9.61. The first-order chi connectivity index (χ1) is 12.5. The highest BCUT2D eigenvalue weighted by molar-refractivity contribution is 6.07. The van der Waals surface area contributed by atoms with Gasteiger partial charge in [0.25, 0.3) is 5.91 Å². The standard InChI is InChI=1S/C21H26N4O/c1-5-19-22-8-10-25(19)9-6-7-23-21(26)18-13-16(4)24-20-15(3)11-14(2)12-17(18)20/h8,10-13H,5-7,9H2,1-4H3,(H,23,26). The Bertz CT molecular complexity index is 943. The van der Waals surface area contributed by atoms with Gasteiger partial charge in [-0.1, -0.05) is 18.6 Å². The Hall–Kier alpha value is -2.69. The van der Waals surface area contributed by atoms with Crippen LogP contribution < -0.4 is 5.32 Å². The van der Waals surface area contributed by atoms with Gasteiger partial charge in [0.1, 0.15) is 5.82 Å². The van der Waals surface area contributed by atoms with Crippen LogP contribution in [0.3, 0.4) is 0 Å². The molecule has 0 spiro atoms. The Morgan fingerprint density at radius 1 is 1.19 bits per heavy atom. The number of nitrogens with zero attached hydrogens (tertiary/aromatic N) is 3. The summed E-state index contributed by atoms with van der Waals surface area (Å²) in [7, 11) is 0. The van der Waals surface area contributed by atoms with Crippen LogP contribution in [0.1, 0.15) is 46.3 Å². The van der Waals surface area contributed by atoms with E-state index in [0.717, 1.165) is 52.9 Å². The number of aromatic nitrogens is 3. The Labute approximate surface area is 154 Å². The van der Waals surface area contributed by atoms with E-state index in [1.54, 1.807) is 0 Å². The van der Waals surface area contributed by atoms with E-state index in [0.29, 0.717) is 12.1 Å². The van der Waals surface area contributed by atoms with Gasteiger partial charge >= 0.3 is 0 Å². The average Bonchev–Trinajstić information content (AvgIpc) is 3.06. The number of nitrogens with one attached hydrogen (secondary N) is 1. The van der Waals surface area contributed by atoms with Gasteiger partial charge in [0, 0.05) is 43.0 Å². The van der Waals surface area contributed by atoms with Crippen LogP contribution in [0.5, 0.6) is 0 Å². The van der Waals surface area contributed by atoms with Crippen molar-refractivity contribution >= 4 is 16.8 Å². The number of hydrogen-bond donors (Lipinski definition) is 1. The normalized spacial score (nSPS) is 11.1. The third-order valence-electron chi connectivity index (χ3n) is 4.60. The lowest BCUT2D eigenvalue weighted by Crippen LogP contribution is -2.26. The number of benzene rings is 1. The summed E-state index contributed by atoms with van der Waals surface area (Å²) in [5.41, 5.74) is 4.72. The van der Waals surface area contributed by atoms with Gasteiger partial charge in [-0.3, -0.25) is 9.78 Å². The van der Waals surface area contributed by atoms with Crippen molar-refractivity contribution < 1.29 is 4.79 Å². The number of carbonyl (C=O) groups is 1. The van der Waals surface area contributed by atoms with Crippen molar-refractivity contribution in [3.63, 3.8) is 0 Å². The lowest BCUT2D eigenvalue weighted by Gasteiger charge is -2.12. The average molecular weight is 350 g/mol. The Balaban J connectivity index is 1.72. The van der Waals surface area contributed by atoms with Gasteiger partial charge in [0.15, 0.2) is 0 Å². The van der Waals surface area contributed by atoms with Crippen molar-refractivity contribution in [2.75, 3.05) is 6.54 Å². The number of imidazole rings is 1. The molecule has 0 unspecified atom stereocenters. The zero-order valence-electron chi connectivity index (χ0n) is 16.0. The van der Waals surface area contributed by atoms with Crippen molar-refractivity contribution in [1.82, 2.24) is 19.9 Å². The van der Waals surface area contributed by atoms with Crippen molar-refractivity contribution in [2.45, 2.75) is 47.1 Å². The van der Waals surface area contributed by atoms with E-state index in [9.17, 15) is 4.79 Å². The molecule has 0 bridgehead atoms. The van der Waals surface area contributed by atoms with Crippen LogP contribution in [-0.2, 0) is 13.0 Å². The predicted octanol–water partition coefficient (Wildman–Crippen LogP) is 3.74. The van der Waals surface area contributed by atoms with Crippen LogP contribution in [0.15, 0.2) is 30.6 Å². The minimum Gasteiger partial charge on any atom is -0.352 e. The Morgan fingerprint density at radius 2 is 2.00 bits per heavy atom. The van der Waals surface area contributed by atoms with Gasteiger partial charge in [-0.2, -0.15) is 0 Å². The molecule has 0 aliphatic heterocycles. The fourth-order valence-corrected chi connectivity index (χ4v) is 3.40. The molecule has 0 aliphatic rings. The third-order valence-corrected chi connectivity index (χ3v) is 4.60. The maximum atomic E-state index is 12.8. The van der Waals surface area contributed by atoms with Crippen molar-refractivity contribution in [3.8, 4) is 0 Å². The van der Waals surface area contributed by atoms with Crippen LogP contribution in [0.2, 0.25) is 0 Å². The predicted molar refractivity (Wildman–Crippen MR) is 105 cm³/mol. The minimum absolute atomic E-state index is 0.0353. The molecule has 2 heterocycles. The zero-order valence-corrected chi connectivity index (χ0v) is 16.0. The highest BCUT2D eigenvalue weighted by Crippen LogP contribution is 2.23. The van der Waals surface area contributed by atoms with Crippen LogP contribution in [0, 0.1) is 20.8 Å². The van der Waals surface area contributed by atoms with E-state index in [-0.39, 0.29) is 5.91 Å². The lowest BCUT2D eigenvalue weighted by molar-refractivity contribution is 0.0954. The molecule has 0 fully saturated rings. The smallest absolute Gasteiger partial charge is 0.252 e. The topological polar surface area (TPSA) is 59.8 Å². The largest absolute Gasteiger partial charge is 0.352 e. The van der Waals surface area contributed by atoms with E-state index >= 15 is 0 Å². The fraction of sp³-hybridized carbons (Fsp3) is 0.381. The number of pyridine rings is 1. The Morgan fingerprint density at radius 3 is 2.77 bits per heavy atom. The van der Waals surface area contributed by atoms with Crippen LogP contribution in [-0.4, -0.2) is 27.0 Å². The van der Waals surface area contributed by atoms with Gasteiger partial charge in [-0.15, -0.1) is 0 Å². The maximum absolute atomic E-state index is 12.8. The van der Waals surface area contributed by atoms with Crippen LogP contribution in [0.4, 0.5) is 0 Å². The van der Waals surface area contributed by atoms with Gasteiger partial charge < -0.3 is 9.88 Å². The second-order valence-corrected chi connectivity index (χ2v) is 6.79. The molecule has 1 amide bonds. The first-order valence-electron chi connectivity index (χ1n) is 9.16. The maximum Gasteiger partial charge on any atom is 0.252 e. The SMILES string of the molecule is CCc1nccn1CCCNC(=O)c1cc(C)nc2c(C)cc(C)cc12. The highest BCUT2D eigenvalue weighted by atomic mass is 16.1. The number of hydrogen-bond acceptors (Lipinski definition) is 3. The molecule has 0 radical (unpaired) electrons. The van der Waals surface area contributed by atoms with E-state index < -0.39 is 0 Å². The molecule has 5 heteroatoms. The monoisotopic (exact) mass is 350 g/mol. The Kier molecular flexibility index (Phi) is 5.35. The third kappa shape index (κ3) is 3.77. The first-order valence-corrected chi connectivity index (χ1v) is 9.16. The molecule has 3 rings (SSSR count). The summed E-state index contributed by atoms with van der Waals surface area (Å²) >= 11 is 0. The summed E-state index contributed by atoms with van der Waals surface area (Å²) in [5, 5.41) is 3.98. The molecule has 5 nitrogen and oxygen atoms in total. The highest BCUT2D eigenvalue weighted by Gasteiger charge is 2.13. The molecule has 1 aromatic carbocycles. The summed E-state index contributed by atoms with van der Waals surface area (Å²) in [6, 6.07) is 6.02. The molecular formula is C21H26N4O. The molecular weight excluding hydrogens is 324 g/mol. The number of amides is 1. The second-order valence-electron chi connectivity index (χ2n) is 6.79. The molecule has 3 aromatic rings. The number of rotatable bonds is 6. The van der Waals surface area contributed by atoms with E-state index in [1.165, 1.54) is 0 Å². The van der Waals surface area contributed by atoms with E-state index in [2.05, 4.69) is 32.8 Å². The van der Waals surface area contributed by atoms with Gasteiger partial charge in [-0.05, 0) is 44.9 Å². The van der Waals surface area contributed by atoms with Crippen molar-refractivity contribution in [2.24, 2.45) is 0 Å². The molecule has 2 aromatic heterocycles. The number of carbonyl (C=O) groups excluding carboxylic acids is 1. The van der Waals surface area contributed by atoms with Crippen LogP contribution >= 0.6 is 0 Å². The second kappa shape index (κ2) is 7.68. The van der Waals surface area contributed by atoms with E-state index in [4.69, 9.17) is 0 Å².